The lowest BCUT2D eigenvalue weighted by atomic mass is 9.95. The standard InChI is InChI=1S/C22H26BrN3O3S/c1-13(2)29-18-10-9-14(11-17(18)23)19(27)26-21(30)25-16-8-6-7-15(12-16)24-20(28)22(3,4)5/h6-13H,1-5H3,(H,24,28)(H2,25,26,27,30). The van der Waals surface area contributed by atoms with E-state index in [1.807, 2.05) is 34.6 Å². The molecule has 2 aromatic rings. The van der Waals surface area contributed by atoms with Crippen LogP contribution in [0.15, 0.2) is 46.9 Å². The fourth-order valence-electron chi connectivity index (χ4n) is 2.32. The summed E-state index contributed by atoms with van der Waals surface area (Å²) in [5.74, 6) is 0.226. The summed E-state index contributed by atoms with van der Waals surface area (Å²) in [6.45, 7) is 9.39. The minimum atomic E-state index is -0.503. The van der Waals surface area contributed by atoms with Crippen LogP contribution in [-0.2, 0) is 4.79 Å². The zero-order chi connectivity index (χ0) is 22.5. The zero-order valence-electron chi connectivity index (χ0n) is 17.6. The molecule has 0 fully saturated rings. The highest BCUT2D eigenvalue weighted by atomic mass is 79.9. The van der Waals surface area contributed by atoms with Crippen molar-refractivity contribution >= 4 is 56.4 Å². The highest BCUT2D eigenvalue weighted by Crippen LogP contribution is 2.27. The van der Waals surface area contributed by atoms with Gasteiger partial charge in [0.25, 0.3) is 5.91 Å². The molecule has 0 saturated heterocycles. The number of ether oxygens (including phenoxy) is 1. The SMILES string of the molecule is CC(C)Oc1ccc(C(=O)NC(=S)Nc2cccc(NC(=O)C(C)(C)C)c2)cc1Br. The van der Waals surface area contributed by atoms with Crippen molar-refractivity contribution < 1.29 is 14.3 Å². The summed E-state index contributed by atoms with van der Waals surface area (Å²) < 4.78 is 6.34. The van der Waals surface area contributed by atoms with E-state index in [1.54, 1.807) is 42.5 Å². The van der Waals surface area contributed by atoms with E-state index < -0.39 is 5.41 Å². The van der Waals surface area contributed by atoms with Crippen LogP contribution in [0, 0.1) is 5.41 Å². The van der Waals surface area contributed by atoms with Gasteiger partial charge >= 0.3 is 0 Å². The summed E-state index contributed by atoms with van der Waals surface area (Å²) in [6, 6.07) is 12.2. The van der Waals surface area contributed by atoms with E-state index in [4.69, 9.17) is 17.0 Å². The highest BCUT2D eigenvalue weighted by Gasteiger charge is 2.21. The molecule has 2 amide bonds. The smallest absolute Gasteiger partial charge is 0.257 e. The number of anilines is 2. The van der Waals surface area contributed by atoms with Crippen molar-refractivity contribution in [2.75, 3.05) is 10.6 Å². The van der Waals surface area contributed by atoms with E-state index in [9.17, 15) is 9.59 Å². The zero-order valence-corrected chi connectivity index (χ0v) is 20.0. The second-order valence-electron chi connectivity index (χ2n) is 8.00. The van der Waals surface area contributed by atoms with Gasteiger partial charge in [-0.2, -0.15) is 0 Å². The number of thiocarbonyl (C=S) groups is 1. The average molecular weight is 492 g/mol. The fraction of sp³-hybridized carbons (Fsp3) is 0.318. The van der Waals surface area contributed by atoms with Crippen LogP contribution < -0.4 is 20.7 Å². The Hall–Kier alpha value is -2.45. The number of halogens is 1. The molecular weight excluding hydrogens is 466 g/mol. The molecule has 0 spiro atoms. The van der Waals surface area contributed by atoms with Gasteiger partial charge in [0.05, 0.1) is 10.6 Å². The van der Waals surface area contributed by atoms with Gasteiger partial charge in [-0.1, -0.05) is 26.8 Å². The van der Waals surface area contributed by atoms with Crippen molar-refractivity contribution in [2.45, 2.75) is 40.7 Å². The number of hydrogen-bond donors (Lipinski definition) is 3. The summed E-state index contributed by atoms with van der Waals surface area (Å²) in [7, 11) is 0. The van der Waals surface area contributed by atoms with Gasteiger partial charge in [-0.25, -0.2) is 0 Å². The van der Waals surface area contributed by atoms with Crippen LogP contribution in [0.5, 0.6) is 5.75 Å². The molecule has 0 heterocycles. The third-order valence-corrected chi connectivity index (χ3v) is 4.67. The Labute approximate surface area is 190 Å². The number of benzene rings is 2. The predicted octanol–water partition coefficient (Wildman–Crippen LogP) is 5.35. The molecule has 0 bridgehead atoms. The topological polar surface area (TPSA) is 79.5 Å². The Kier molecular flexibility index (Phi) is 7.97. The third-order valence-electron chi connectivity index (χ3n) is 3.84. The molecule has 0 aliphatic carbocycles. The first-order valence-electron chi connectivity index (χ1n) is 9.46. The molecule has 0 aromatic heterocycles. The van der Waals surface area contributed by atoms with Gasteiger partial charge in [0.15, 0.2) is 5.11 Å². The summed E-state index contributed by atoms with van der Waals surface area (Å²) in [6.07, 6.45) is 0.0294. The van der Waals surface area contributed by atoms with E-state index in [2.05, 4.69) is 31.9 Å². The highest BCUT2D eigenvalue weighted by molar-refractivity contribution is 9.10. The van der Waals surface area contributed by atoms with E-state index in [0.29, 0.717) is 27.2 Å². The van der Waals surface area contributed by atoms with Gasteiger partial charge < -0.3 is 15.4 Å². The quantitative estimate of drug-likeness (QED) is 0.491. The number of nitrogens with one attached hydrogen (secondary N) is 3. The monoisotopic (exact) mass is 491 g/mol. The Bertz CT molecular complexity index is 955. The van der Waals surface area contributed by atoms with Crippen LogP contribution in [0.3, 0.4) is 0 Å². The second-order valence-corrected chi connectivity index (χ2v) is 9.27. The first kappa shape index (κ1) is 23.8. The molecule has 0 saturated carbocycles. The van der Waals surface area contributed by atoms with Crippen LogP contribution in [0.4, 0.5) is 11.4 Å². The Morgan fingerprint density at radius 3 is 2.23 bits per heavy atom. The molecule has 30 heavy (non-hydrogen) atoms. The number of carbonyl (C=O) groups excluding carboxylic acids is 2. The van der Waals surface area contributed by atoms with Crippen molar-refractivity contribution in [3.8, 4) is 5.75 Å². The molecule has 6 nitrogen and oxygen atoms in total. The lowest BCUT2D eigenvalue weighted by Crippen LogP contribution is -2.34. The third kappa shape index (κ3) is 7.11. The summed E-state index contributed by atoms with van der Waals surface area (Å²) >= 11 is 8.67. The minimum absolute atomic E-state index is 0.0294. The van der Waals surface area contributed by atoms with E-state index in [1.165, 1.54) is 0 Å². The van der Waals surface area contributed by atoms with E-state index in [0.717, 1.165) is 0 Å². The van der Waals surface area contributed by atoms with Crippen LogP contribution in [0.25, 0.3) is 0 Å². The average Bonchev–Trinajstić information content (AvgIpc) is 2.62. The lowest BCUT2D eigenvalue weighted by molar-refractivity contribution is -0.123. The molecule has 160 valence electrons. The van der Waals surface area contributed by atoms with E-state index in [-0.39, 0.29) is 23.0 Å². The van der Waals surface area contributed by atoms with Gasteiger partial charge in [0.2, 0.25) is 5.91 Å². The maximum atomic E-state index is 12.5. The molecule has 8 heteroatoms. The Morgan fingerprint density at radius 1 is 1.03 bits per heavy atom. The molecule has 0 aliphatic heterocycles. The predicted molar refractivity (Wildman–Crippen MR) is 128 cm³/mol. The van der Waals surface area contributed by atoms with Gasteiger partial charge in [0, 0.05) is 22.4 Å². The molecule has 0 atom stereocenters. The molecule has 0 aliphatic rings. The van der Waals surface area contributed by atoms with Gasteiger partial charge in [0.1, 0.15) is 5.75 Å². The molecule has 2 aromatic carbocycles. The van der Waals surface area contributed by atoms with Crippen molar-refractivity contribution in [2.24, 2.45) is 5.41 Å². The minimum Gasteiger partial charge on any atom is -0.490 e. The van der Waals surface area contributed by atoms with Gasteiger partial charge in [-0.15, -0.1) is 0 Å². The fourth-order valence-corrected chi connectivity index (χ4v) is 3.01. The maximum absolute atomic E-state index is 12.5. The largest absolute Gasteiger partial charge is 0.490 e. The Balaban J connectivity index is 2.00. The lowest BCUT2D eigenvalue weighted by Gasteiger charge is -2.18. The summed E-state index contributed by atoms with van der Waals surface area (Å²) in [5.41, 5.74) is 1.22. The first-order chi connectivity index (χ1) is 14.0. The second kappa shape index (κ2) is 10.0. The van der Waals surface area contributed by atoms with Crippen molar-refractivity contribution in [3.05, 3.63) is 52.5 Å². The van der Waals surface area contributed by atoms with Crippen molar-refractivity contribution in [3.63, 3.8) is 0 Å². The molecule has 3 N–H and O–H groups in total. The van der Waals surface area contributed by atoms with Crippen LogP contribution in [0.2, 0.25) is 0 Å². The van der Waals surface area contributed by atoms with Crippen LogP contribution in [-0.4, -0.2) is 23.0 Å². The van der Waals surface area contributed by atoms with Gasteiger partial charge in [-0.3, -0.25) is 14.9 Å². The number of carbonyl (C=O) groups is 2. The van der Waals surface area contributed by atoms with Crippen LogP contribution in [0.1, 0.15) is 45.0 Å². The van der Waals surface area contributed by atoms with E-state index >= 15 is 0 Å². The number of rotatable bonds is 5. The molecular formula is C22H26BrN3O3S. The molecule has 2 rings (SSSR count). The van der Waals surface area contributed by atoms with Crippen molar-refractivity contribution in [1.82, 2.24) is 5.32 Å². The Morgan fingerprint density at radius 2 is 1.67 bits per heavy atom. The van der Waals surface area contributed by atoms with Gasteiger partial charge in [-0.05, 0) is 78.4 Å². The van der Waals surface area contributed by atoms with Crippen LogP contribution >= 0.6 is 28.1 Å². The normalized spacial score (nSPS) is 11.0. The summed E-state index contributed by atoms with van der Waals surface area (Å²) in [5, 5.41) is 8.62. The summed E-state index contributed by atoms with van der Waals surface area (Å²) in [4.78, 5) is 24.6. The number of amides is 2. The maximum Gasteiger partial charge on any atom is 0.257 e. The first-order valence-corrected chi connectivity index (χ1v) is 10.7. The van der Waals surface area contributed by atoms with Crippen molar-refractivity contribution in [1.29, 1.82) is 0 Å². The molecule has 0 radical (unpaired) electrons. The molecule has 0 unspecified atom stereocenters. The number of hydrogen-bond acceptors (Lipinski definition) is 4.